The maximum atomic E-state index is 12.7. The van der Waals surface area contributed by atoms with Crippen molar-refractivity contribution in [2.75, 3.05) is 46.4 Å². The molecule has 1 amide bonds. The van der Waals surface area contributed by atoms with E-state index in [1.807, 2.05) is 30.3 Å². The van der Waals surface area contributed by atoms with E-state index in [9.17, 15) is 13.2 Å². The number of amides is 1. The first kappa shape index (κ1) is 20.3. The van der Waals surface area contributed by atoms with Gasteiger partial charge in [-0.25, -0.2) is 13.1 Å². The number of hydrogen-bond acceptors (Lipinski definition) is 5. The van der Waals surface area contributed by atoms with Gasteiger partial charge in [-0.3, -0.25) is 9.69 Å². The molecule has 2 aromatic rings. The highest BCUT2D eigenvalue weighted by Crippen LogP contribution is 2.15. The molecule has 1 heterocycles. The van der Waals surface area contributed by atoms with Gasteiger partial charge in [0.25, 0.3) is 5.91 Å². The number of carbonyl (C=O) groups is 1. The van der Waals surface area contributed by atoms with Gasteiger partial charge in [-0.1, -0.05) is 24.3 Å². The number of ether oxygens (including phenoxy) is 1. The van der Waals surface area contributed by atoms with Crippen LogP contribution >= 0.6 is 0 Å². The number of sulfonamides is 1. The quantitative estimate of drug-likeness (QED) is 0.757. The molecule has 1 aliphatic rings. The van der Waals surface area contributed by atoms with Crippen molar-refractivity contribution in [1.29, 1.82) is 0 Å². The average molecular weight is 404 g/mol. The minimum atomic E-state index is -3.57. The maximum Gasteiger partial charge on any atom is 0.253 e. The van der Waals surface area contributed by atoms with Gasteiger partial charge in [0, 0.05) is 38.3 Å². The molecule has 0 radical (unpaired) electrons. The molecule has 1 aliphatic heterocycles. The van der Waals surface area contributed by atoms with Crippen LogP contribution in [0.25, 0.3) is 0 Å². The fourth-order valence-corrected chi connectivity index (χ4v) is 3.86. The van der Waals surface area contributed by atoms with Crippen molar-refractivity contribution >= 4 is 15.9 Å². The molecular weight excluding hydrogens is 378 g/mol. The van der Waals surface area contributed by atoms with Crippen LogP contribution in [-0.4, -0.2) is 70.5 Å². The average Bonchev–Trinajstić information content (AvgIpc) is 2.74. The van der Waals surface area contributed by atoms with E-state index in [1.165, 1.54) is 19.2 Å². The largest absolute Gasteiger partial charge is 0.492 e. The Balaban J connectivity index is 1.51. The Bertz CT molecular complexity index is 895. The zero-order valence-corrected chi connectivity index (χ0v) is 16.7. The Hall–Kier alpha value is -2.42. The van der Waals surface area contributed by atoms with Gasteiger partial charge in [0.2, 0.25) is 10.0 Å². The molecule has 28 heavy (non-hydrogen) atoms. The van der Waals surface area contributed by atoms with Crippen LogP contribution in [0.5, 0.6) is 5.75 Å². The number of nitrogens with zero attached hydrogens (tertiary/aromatic N) is 2. The lowest BCUT2D eigenvalue weighted by Gasteiger charge is -2.34. The summed E-state index contributed by atoms with van der Waals surface area (Å²) in [6.07, 6.45) is 0. The maximum absolute atomic E-state index is 12.7. The number of piperazine rings is 1. The van der Waals surface area contributed by atoms with E-state index in [2.05, 4.69) is 9.62 Å². The molecule has 0 aromatic heterocycles. The van der Waals surface area contributed by atoms with E-state index in [0.29, 0.717) is 25.3 Å². The second-order valence-electron chi connectivity index (χ2n) is 6.53. The van der Waals surface area contributed by atoms with Crippen molar-refractivity contribution in [3.63, 3.8) is 0 Å². The van der Waals surface area contributed by atoms with E-state index in [1.54, 1.807) is 17.0 Å². The summed E-state index contributed by atoms with van der Waals surface area (Å²) in [4.78, 5) is 16.9. The third-order valence-electron chi connectivity index (χ3n) is 4.74. The van der Waals surface area contributed by atoms with Crippen LogP contribution in [0.2, 0.25) is 0 Å². The fourth-order valence-electron chi connectivity index (χ4n) is 3.08. The van der Waals surface area contributed by atoms with Crippen LogP contribution in [-0.2, 0) is 10.0 Å². The van der Waals surface area contributed by atoms with Crippen molar-refractivity contribution in [3.8, 4) is 5.75 Å². The Morgan fingerprint density at radius 3 is 2.43 bits per heavy atom. The number of hydrogen-bond donors (Lipinski definition) is 1. The number of benzene rings is 2. The summed E-state index contributed by atoms with van der Waals surface area (Å²) in [6.45, 7) is 4.13. The standard InChI is InChI=1S/C20H25N3O4S/c1-21-28(25,26)19-9-5-6-17(16-19)20(24)23-12-10-22(11-13-23)14-15-27-18-7-3-2-4-8-18/h2-9,16,21H,10-15H2,1H3. The van der Waals surface area contributed by atoms with Crippen molar-refractivity contribution in [3.05, 3.63) is 60.2 Å². The van der Waals surface area contributed by atoms with Crippen molar-refractivity contribution in [1.82, 2.24) is 14.5 Å². The highest BCUT2D eigenvalue weighted by atomic mass is 32.2. The molecule has 1 N–H and O–H groups in total. The van der Waals surface area contributed by atoms with Crippen molar-refractivity contribution in [2.24, 2.45) is 0 Å². The lowest BCUT2D eigenvalue weighted by molar-refractivity contribution is 0.0620. The summed E-state index contributed by atoms with van der Waals surface area (Å²) in [5, 5.41) is 0. The third-order valence-corrected chi connectivity index (χ3v) is 6.15. The molecule has 8 heteroatoms. The molecule has 2 aromatic carbocycles. The second kappa shape index (κ2) is 9.18. The van der Waals surface area contributed by atoms with Gasteiger partial charge in [0.1, 0.15) is 12.4 Å². The molecule has 0 atom stereocenters. The molecular formula is C20H25N3O4S. The second-order valence-corrected chi connectivity index (χ2v) is 8.42. The Morgan fingerprint density at radius 1 is 1.04 bits per heavy atom. The van der Waals surface area contributed by atoms with Gasteiger partial charge < -0.3 is 9.64 Å². The van der Waals surface area contributed by atoms with Crippen LogP contribution < -0.4 is 9.46 Å². The molecule has 0 saturated carbocycles. The molecule has 1 fully saturated rings. The normalized spacial score (nSPS) is 15.4. The van der Waals surface area contributed by atoms with E-state index >= 15 is 0 Å². The predicted octanol–water partition coefficient (Wildman–Crippen LogP) is 1.43. The molecule has 150 valence electrons. The fraction of sp³-hybridized carbons (Fsp3) is 0.350. The Labute approximate surface area is 166 Å². The van der Waals surface area contributed by atoms with E-state index in [-0.39, 0.29) is 10.8 Å². The third kappa shape index (κ3) is 5.09. The van der Waals surface area contributed by atoms with Crippen LogP contribution in [0.15, 0.2) is 59.5 Å². The summed E-state index contributed by atoms with van der Waals surface area (Å²) in [5.74, 6) is 0.709. The first-order valence-electron chi connectivity index (χ1n) is 9.23. The lowest BCUT2D eigenvalue weighted by atomic mass is 10.2. The zero-order valence-electron chi connectivity index (χ0n) is 15.9. The smallest absolute Gasteiger partial charge is 0.253 e. The summed E-state index contributed by atoms with van der Waals surface area (Å²) in [7, 11) is -2.22. The Kier molecular flexibility index (Phi) is 6.66. The summed E-state index contributed by atoms with van der Waals surface area (Å²) < 4.78 is 31.9. The molecule has 3 rings (SSSR count). The number of carbonyl (C=O) groups excluding carboxylic acids is 1. The van der Waals surface area contributed by atoms with Gasteiger partial charge in [-0.2, -0.15) is 0 Å². The summed E-state index contributed by atoms with van der Waals surface area (Å²) >= 11 is 0. The van der Waals surface area contributed by atoms with Crippen molar-refractivity contribution < 1.29 is 17.9 Å². The van der Waals surface area contributed by atoms with E-state index in [0.717, 1.165) is 25.4 Å². The number of nitrogens with one attached hydrogen (secondary N) is 1. The Morgan fingerprint density at radius 2 is 1.75 bits per heavy atom. The monoisotopic (exact) mass is 403 g/mol. The van der Waals surface area contributed by atoms with Gasteiger partial charge in [0.05, 0.1) is 4.90 Å². The van der Waals surface area contributed by atoms with Gasteiger partial charge in [-0.05, 0) is 37.4 Å². The zero-order chi connectivity index (χ0) is 20.0. The molecule has 0 aliphatic carbocycles. The lowest BCUT2D eigenvalue weighted by Crippen LogP contribution is -2.49. The molecule has 0 spiro atoms. The first-order chi connectivity index (χ1) is 13.5. The highest BCUT2D eigenvalue weighted by molar-refractivity contribution is 7.89. The molecule has 7 nitrogen and oxygen atoms in total. The van der Waals surface area contributed by atoms with Crippen LogP contribution in [0, 0.1) is 0 Å². The topological polar surface area (TPSA) is 79.0 Å². The summed E-state index contributed by atoms with van der Waals surface area (Å²) in [6, 6.07) is 15.8. The first-order valence-corrected chi connectivity index (χ1v) is 10.7. The SMILES string of the molecule is CNS(=O)(=O)c1cccc(C(=O)N2CCN(CCOc3ccccc3)CC2)c1. The highest BCUT2D eigenvalue weighted by Gasteiger charge is 2.23. The van der Waals surface area contributed by atoms with E-state index < -0.39 is 10.0 Å². The molecule has 0 bridgehead atoms. The molecule has 1 saturated heterocycles. The van der Waals surface area contributed by atoms with Gasteiger partial charge in [0.15, 0.2) is 0 Å². The van der Waals surface area contributed by atoms with Crippen LogP contribution in [0.3, 0.4) is 0 Å². The predicted molar refractivity (Wildman–Crippen MR) is 107 cm³/mol. The summed E-state index contributed by atoms with van der Waals surface area (Å²) in [5.41, 5.74) is 0.386. The number of para-hydroxylation sites is 1. The molecule has 0 unspecified atom stereocenters. The minimum absolute atomic E-state index is 0.0950. The van der Waals surface area contributed by atoms with Crippen LogP contribution in [0.1, 0.15) is 10.4 Å². The van der Waals surface area contributed by atoms with Gasteiger partial charge in [-0.15, -0.1) is 0 Å². The van der Waals surface area contributed by atoms with E-state index in [4.69, 9.17) is 4.74 Å². The number of rotatable bonds is 7. The van der Waals surface area contributed by atoms with Crippen LogP contribution in [0.4, 0.5) is 0 Å². The van der Waals surface area contributed by atoms with Gasteiger partial charge >= 0.3 is 0 Å². The minimum Gasteiger partial charge on any atom is -0.492 e. The van der Waals surface area contributed by atoms with Crippen molar-refractivity contribution in [2.45, 2.75) is 4.90 Å².